The van der Waals surface area contributed by atoms with E-state index in [0.29, 0.717) is 11.6 Å². The number of hydrogen-bond donors (Lipinski definition) is 2. The van der Waals surface area contributed by atoms with Crippen molar-refractivity contribution in [3.63, 3.8) is 0 Å². The van der Waals surface area contributed by atoms with Crippen molar-refractivity contribution >= 4 is 41.4 Å². The van der Waals surface area contributed by atoms with Gasteiger partial charge < -0.3 is 20.5 Å². The van der Waals surface area contributed by atoms with Crippen LogP contribution in [0.25, 0.3) is 0 Å². The number of carbonyl (C=O) groups excluding carboxylic acids is 3. The van der Waals surface area contributed by atoms with Gasteiger partial charge in [0.2, 0.25) is 11.9 Å². The summed E-state index contributed by atoms with van der Waals surface area (Å²) < 4.78 is 12.4. The van der Waals surface area contributed by atoms with Crippen molar-refractivity contribution in [2.75, 3.05) is 30.5 Å². The number of carbonyl (C=O) groups is 3. The van der Waals surface area contributed by atoms with E-state index in [4.69, 9.17) is 10.5 Å². The first-order valence-corrected chi connectivity index (χ1v) is 9.72. The number of esters is 2. The minimum atomic E-state index is -0.782. The van der Waals surface area contributed by atoms with Gasteiger partial charge in [-0.15, -0.1) is 10.2 Å². The van der Waals surface area contributed by atoms with Crippen molar-refractivity contribution in [1.29, 1.82) is 0 Å². The lowest BCUT2D eigenvalue weighted by Gasteiger charge is -2.19. The molecule has 1 amide bonds. The van der Waals surface area contributed by atoms with E-state index in [1.807, 2.05) is 0 Å². The average molecular weight is 425 g/mol. The first-order valence-electron chi connectivity index (χ1n) is 8.73. The molecule has 13 heteroatoms. The van der Waals surface area contributed by atoms with Crippen LogP contribution in [0.4, 0.5) is 11.8 Å². The molecule has 29 heavy (non-hydrogen) atoms. The molecule has 0 aliphatic carbocycles. The van der Waals surface area contributed by atoms with Crippen LogP contribution in [-0.4, -0.2) is 61.9 Å². The molecule has 0 aliphatic rings. The van der Waals surface area contributed by atoms with E-state index < -0.39 is 23.9 Å². The standard InChI is InChI=1S/C16H23N7O5S/c1-5-10(23-15(17)20-21-16(23)29-8-11(24)27-4)13(25)19-12-9(7-18-22(12)3)14(26)28-6-2/h7,10H,5-6,8H2,1-4H3,(H2,17,20)(H,19,25). The number of nitrogens with zero attached hydrogens (tertiary/aromatic N) is 5. The molecule has 12 nitrogen and oxygen atoms in total. The number of amides is 1. The highest BCUT2D eigenvalue weighted by atomic mass is 32.2. The Balaban J connectivity index is 2.27. The maximum atomic E-state index is 13.0. The molecular weight excluding hydrogens is 402 g/mol. The van der Waals surface area contributed by atoms with E-state index in [1.165, 1.54) is 22.6 Å². The molecule has 2 heterocycles. The second kappa shape index (κ2) is 9.91. The van der Waals surface area contributed by atoms with Gasteiger partial charge in [-0.25, -0.2) is 4.79 Å². The van der Waals surface area contributed by atoms with Crippen LogP contribution in [0.15, 0.2) is 11.4 Å². The van der Waals surface area contributed by atoms with E-state index in [1.54, 1.807) is 20.9 Å². The number of nitrogens with two attached hydrogens (primary N) is 1. The molecule has 1 atom stereocenters. The Bertz CT molecular complexity index is 894. The molecule has 0 spiro atoms. The van der Waals surface area contributed by atoms with Gasteiger partial charge in [-0.1, -0.05) is 18.7 Å². The zero-order chi connectivity index (χ0) is 21.6. The van der Waals surface area contributed by atoms with Crippen LogP contribution in [0.2, 0.25) is 0 Å². The highest BCUT2D eigenvalue weighted by Gasteiger charge is 2.28. The molecule has 1 unspecified atom stereocenters. The van der Waals surface area contributed by atoms with Gasteiger partial charge in [0.15, 0.2) is 5.16 Å². The summed E-state index contributed by atoms with van der Waals surface area (Å²) >= 11 is 1.05. The number of aryl methyl sites for hydroxylation is 1. The Morgan fingerprint density at radius 3 is 2.66 bits per heavy atom. The lowest BCUT2D eigenvalue weighted by atomic mass is 10.2. The molecule has 0 bridgehead atoms. The normalized spacial score (nSPS) is 11.7. The van der Waals surface area contributed by atoms with E-state index >= 15 is 0 Å². The fraction of sp³-hybridized carbons (Fsp3) is 0.500. The van der Waals surface area contributed by atoms with Crippen molar-refractivity contribution < 1.29 is 23.9 Å². The quantitative estimate of drug-likeness (QED) is 0.431. The van der Waals surface area contributed by atoms with Crippen molar-refractivity contribution in [2.24, 2.45) is 7.05 Å². The number of thioether (sulfide) groups is 1. The van der Waals surface area contributed by atoms with E-state index in [-0.39, 0.29) is 29.7 Å². The second-order valence-electron chi connectivity index (χ2n) is 5.74. The van der Waals surface area contributed by atoms with Crippen LogP contribution >= 0.6 is 11.8 Å². The fourth-order valence-electron chi connectivity index (χ4n) is 2.49. The number of ether oxygens (including phenoxy) is 2. The van der Waals surface area contributed by atoms with Crippen LogP contribution in [0.5, 0.6) is 0 Å². The molecule has 0 fully saturated rings. The smallest absolute Gasteiger partial charge is 0.343 e. The summed E-state index contributed by atoms with van der Waals surface area (Å²) in [6.45, 7) is 3.66. The fourth-order valence-corrected chi connectivity index (χ4v) is 3.31. The summed E-state index contributed by atoms with van der Waals surface area (Å²) in [4.78, 5) is 36.5. The highest BCUT2D eigenvalue weighted by Crippen LogP contribution is 2.27. The molecule has 0 aromatic carbocycles. The summed E-state index contributed by atoms with van der Waals surface area (Å²) in [5.74, 6) is -1.29. The van der Waals surface area contributed by atoms with Gasteiger partial charge >= 0.3 is 11.9 Å². The maximum absolute atomic E-state index is 13.0. The summed E-state index contributed by atoms with van der Waals surface area (Å²) in [7, 11) is 2.86. The predicted octanol–water partition coefficient (Wildman–Crippen LogP) is 0.625. The van der Waals surface area contributed by atoms with Crippen molar-refractivity contribution in [3.05, 3.63) is 11.8 Å². The zero-order valence-corrected chi connectivity index (χ0v) is 17.4. The third kappa shape index (κ3) is 5.04. The van der Waals surface area contributed by atoms with Gasteiger partial charge in [-0.2, -0.15) is 5.10 Å². The van der Waals surface area contributed by atoms with E-state index in [2.05, 4.69) is 25.3 Å². The van der Waals surface area contributed by atoms with Gasteiger partial charge in [0.1, 0.15) is 17.4 Å². The minimum absolute atomic E-state index is 0.0125. The summed E-state index contributed by atoms with van der Waals surface area (Å²) in [6, 6.07) is -0.782. The molecule has 0 radical (unpaired) electrons. The number of anilines is 2. The number of nitrogen functional groups attached to an aromatic ring is 1. The largest absolute Gasteiger partial charge is 0.468 e. The van der Waals surface area contributed by atoms with Gasteiger partial charge in [0.25, 0.3) is 0 Å². The number of nitrogens with one attached hydrogen (secondary N) is 1. The lowest BCUT2D eigenvalue weighted by Crippen LogP contribution is -2.28. The van der Waals surface area contributed by atoms with E-state index in [0.717, 1.165) is 11.8 Å². The zero-order valence-electron chi connectivity index (χ0n) is 16.5. The SMILES string of the molecule is CCOC(=O)c1cnn(C)c1NC(=O)C(CC)n1c(N)nnc1SCC(=O)OC. The van der Waals surface area contributed by atoms with Crippen molar-refractivity contribution in [1.82, 2.24) is 24.5 Å². The lowest BCUT2D eigenvalue weighted by molar-refractivity contribution is -0.137. The number of hydrogen-bond acceptors (Lipinski definition) is 10. The molecule has 3 N–H and O–H groups in total. The van der Waals surface area contributed by atoms with Crippen molar-refractivity contribution in [3.8, 4) is 0 Å². The third-order valence-electron chi connectivity index (χ3n) is 3.91. The molecular formula is C16H23N7O5S. The first-order chi connectivity index (χ1) is 13.8. The Morgan fingerprint density at radius 2 is 2.03 bits per heavy atom. The predicted molar refractivity (Wildman–Crippen MR) is 104 cm³/mol. The minimum Gasteiger partial charge on any atom is -0.468 e. The summed E-state index contributed by atoms with van der Waals surface area (Å²) in [6.07, 6.45) is 1.67. The topological polar surface area (TPSA) is 156 Å². The second-order valence-corrected chi connectivity index (χ2v) is 6.68. The molecule has 158 valence electrons. The van der Waals surface area contributed by atoms with Crippen LogP contribution in [0.1, 0.15) is 36.7 Å². The highest BCUT2D eigenvalue weighted by molar-refractivity contribution is 7.99. The van der Waals surface area contributed by atoms with Gasteiger partial charge in [0.05, 0.1) is 25.7 Å². The average Bonchev–Trinajstić information content (AvgIpc) is 3.24. The molecule has 0 saturated heterocycles. The van der Waals surface area contributed by atoms with Gasteiger partial charge in [-0.3, -0.25) is 18.8 Å². The molecule has 2 rings (SSSR count). The maximum Gasteiger partial charge on any atom is 0.343 e. The molecule has 2 aromatic heterocycles. The van der Waals surface area contributed by atoms with Gasteiger partial charge in [0, 0.05) is 7.05 Å². The monoisotopic (exact) mass is 425 g/mol. The number of rotatable bonds is 9. The number of methoxy groups -OCH3 is 1. The number of aromatic nitrogens is 5. The van der Waals surface area contributed by atoms with Crippen LogP contribution in [-0.2, 0) is 26.1 Å². The Labute approximate surface area is 171 Å². The van der Waals surface area contributed by atoms with Crippen LogP contribution < -0.4 is 11.1 Å². The Morgan fingerprint density at radius 1 is 1.31 bits per heavy atom. The Hall–Kier alpha value is -3.09. The summed E-state index contributed by atoms with van der Waals surface area (Å²) in [5.41, 5.74) is 6.04. The molecule has 0 saturated carbocycles. The third-order valence-corrected chi connectivity index (χ3v) is 4.83. The van der Waals surface area contributed by atoms with Crippen molar-refractivity contribution in [2.45, 2.75) is 31.5 Å². The van der Waals surface area contributed by atoms with Crippen LogP contribution in [0, 0.1) is 0 Å². The van der Waals surface area contributed by atoms with Crippen LogP contribution in [0.3, 0.4) is 0 Å². The first kappa shape index (κ1) is 22.2. The Kier molecular flexibility index (Phi) is 7.59. The van der Waals surface area contributed by atoms with Gasteiger partial charge in [-0.05, 0) is 13.3 Å². The summed E-state index contributed by atoms with van der Waals surface area (Å²) in [5, 5.41) is 14.7. The molecule has 2 aromatic rings. The van der Waals surface area contributed by atoms with E-state index in [9.17, 15) is 14.4 Å². The molecule has 0 aliphatic heterocycles.